The van der Waals surface area contributed by atoms with E-state index in [1.165, 1.54) is 6.33 Å². The zero-order valence-electron chi connectivity index (χ0n) is 31.0. The van der Waals surface area contributed by atoms with Crippen molar-refractivity contribution < 1.29 is 0 Å². The molecule has 0 aliphatic carbocycles. The Morgan fingerprint density at radius 3 is 1.45 bits per heavy atom. The minimum atomic E-state index is 0.213. The number of nitrogens with zero attached hydrogens (tertiary/aromatic N) is 13. The molecule has 0 unspecified atom stereocenters. The number of nitrogens with one attached hydrogen (secondary N) is 3. The van der Waals surface area contributed by atoms with Crippen LogP contribution in [-0.4, -0.2) is 83.9 Å². The summed E-state index contributed by atoms with van der Waals surface area (Å²) in [6.45, 7) is 20.2. The molecule has 0 aliphatic heterocycles. The van der Waals surface area contributed by atoms with E-state index in [2.05, 4.69) is 66.1 Å². The summed E-state index contributed by atoms with van der Waals surface area (Å²) >= 11 is 0. The maximum atomic E-state index is 5.73. The second-order valence-corrected chi connectivity index (χ2v) is 8.69. The minimum Gasteiger partial charge on any atom is -0.368 e. The van der Waals surface area contributed by atoms with E-state index >= 15 is 0 Å². The molecular weight excluding hydrogens is 650 g/mol. The third kappa shape index (κ3) is 13.6. The molecule has 0 fully saturated rings. The first-order chi connectivity index (χ1) is 24.9. The van der Waals surface area contributed by atoms with E-state index in [-0.39, 0.29) is 11.9 Å². The predicted octanol–water partition coefficient (Wildman–Crippen LogP) is 4.50. The second-order valence-electron chi connectivity index (χ2n) is 8.69. The lowest BCUT2D eigenvalue weighted by molar-refractivity contribution is 0.841. The van der Waals surface area contributed by atoms with Crippen LogP contribution in [0, 0.1) is 0 Å². The van der Waals surface area contributed by atoms with Crippen LogP contribution >= 0.6 is 0 Å². The fourth-order valence-corrected chi connectivity index (χ4v) is 3.67. The van der Waals surface area contributed by atoms with Crippen molar-refractivity contribution in [2.75, 3.05) is 52.8 Å². The first kappa shape index (κ1) is 42.6. The third-order valence-corrected chi connectivity index (χ3v) is 5.48. The molecule has 0 spiro atoms. The molecule has 0 saturated heterocycles. The van der Waals surface area contributed by atoms with Crippen LogP contribution in [0.5, 0.6) is 0 Å². The SMILES string of the molecule is CC.CC.CC.CCNc1nc(N)n(-c2ccncc2)n1.CCNc1nc(N)nn1-c1ccncc1.CCNc1nc(N)nn1-c1ccncn1. The lowest BCUT2D eigenvalue weighted by atomic mass is 10.4. The Hall–Kier alpha value is -6.40. The zero-order chi connectivity index (χ0) is 38.0. The molecule has 0 saturated carbocycles. The predicted molar refractivity (Wildman–Crippen MR) is 205 cm³/mol. The van der Waals surface area contributed by atoms with Gasteiger partial charge in [0.15, 0.2) is 5.82 Å². The van der Waals surface area contributed by atoms with Crippen LogP contribution in [0.15, 0.2) is 67.6 Å². The molecule has 276 valence electrons. The van der Waals surface area contributed by atoms with Crippen LogP contribution in [-0.2, 0) is 0 Å². The van der Waals surface area contributed by atoms with Crippen molar-refractivity contribution in [1.82, 2.24) is 64.2 Å². The summed E-state index contributed by atoms with van der Waals surface area (Å²) in [5.41, 5.74) is 18.5. The topological polar surface area (TPSA) is 258 Å². The van der Waals surface area contributed by atoms with Crippen molar-refractivity contribution in [1.29, 1.82) is 0 Å². The maximum Gasteiger partial charge on any atom is 0.244 e. The monoisotopic (exact) mass is 703 g/mol. The summed E-state index contributed by atoms with van der Waals surface area (Å²) in [4.78, 5) is 27.9. The number of rotatable bonds is 9. The van der Waals surface area contributed by atoms with Gasteiger partial charge in [-0.1, -0.05) is 41.5 Å². The van der Waals surface area contributed by atoms with Crippen molar-refractivity contribution in [2.45, 2.75) is 62.3 Å². The number of nitrogens with two attached hydrogens (primary N) is 3. The normalized spacial score (nSPS) is 9.35. The molecule has 19 heteroatoms. The van der Waals surface area contributed by atoms with Gasteiger partial charge in [-0.15, -0.1) is 15.3 Å². The summed E-state index contributed by atoms with van der Waals surface area (Å²) in [7, 11) is 0. The highest BCUT2D eigenvalue weighted by Crippen LogP contribution is 2.14. The van der Waals surface area contributed by atoms with E-state index in [4.69, 9.17) is 17.2 Å². The van der Waals surface area contributed by atoms with Gasteiger partial charge in [-0.05, 0) is 45.0 Å². The summed E-state index contributed by atoms with van der Waals surface area (Å²) in [5.74, 6) is 3.20. The standard InChI is InChI=1S/2C9H12N6.C8H11N7.3C2H6/c1-2-12-9-13-8(10)15(14-9)7-3-5-11-6-4-7;1-2-12-9-13-8(10)14-15(9)7-3-5-11-6-4-7;1-2-11-8-13-7(9)14-15(8)6-3-4-10-5-12-6;3*1-2/h2*3-6H,2H2,1H3,(H3,10,12,13,14);3-5H,2H2,1H3,(H3,9,11,13,14);3*1-2H3. The molecule has 0 aromatic carbocycles. The van der Waals surface area contributed by atoms with Crippen LogP contribution in [0.2, 0.25) is 0 Å². The molecule has 0 amide bonds. The fourth-order valence-electron chi connectivity index (χ4n) is 3.67. The highest BCUT2D eigenvalue weighted by Gasteiger charge is 2.10. The molecule has 9 N–H and O–H groups in total. The molecule has 51 heavy (non-hydrogen) atoms. The first-order valence-corrected chi connectivity index (χ1v) is 16.9. The fraction of sp³-hybridized carbons (Fsp3) is 0.375. The summed E-state index contributed by atoms with van der Waals surface area (Å²) in [6, 6.07) is 9.06. The number of aromatic nitrogens is 13. The number of anilines is 6. The number of pyridine rings is 2. The van der Waals surface area contributed by atoms with Crippen LogP contribution in [0.3, 0.4) is 0 Å². The number of nitrogen functional groups attached to an aromatic ring is 3. The number of hydrogen-bond donors (Lipinski definition) is 6. The van der Waals surface area contributed by atoms with Gasteiger partial charge in [0.2, 0.25) is 35.7 Å². The van der Waals surface area contributed by atoms with Crippen LogP contribution < -0.4 is 33.2 Å². The Balaban J connectivity index is 0.000000356. The lowest BCUT2D eigenvalue weighted by Crippen LogP contribution is -2.07. The van der Waals surface area contributed by atoms with Crippen LogP contribution in [0.1, 0.15) is 62.3 Å². The molecule has 6 aromatic rings. The van der Waals surface area contributed by atoms with Crippen LogP contribution in [0.25, 0.3) is 17.2 Å². The van der Waals surface area contributed by atoms with Gasteiger partial charge in [-0.2, -0.15) is 29.0 Å². The van der Waals surface area contributed by atoms with Crippen molar-refractivity contribution in [2.24, 2.45) is 0 Å². The Labute approximate surface area is 299 Å². The molecule has 19 nitrogen and oxygen atoms in total. The van der Waals surface area contributed by atoms with Gasteiger partial charge in [0.05, 0.1) is 11.4 Å². The van der Waals surface area contributed by atoms with Gasteiger partial charge in [0.1, 0.15) is 6.33 Å². The van der Waals surface area contributed by atoms with E-state index in [1.54, 1.807) is 51.1 Å². The van der Waals surface area contributed by atoms with Crippen molar-refractivity contribution in [3.05, 3.63) is 67.6 Å². The second kappa shape index (κ2) is 24.7. The highest BCUT2D eigenvalue weighted by molar-refractivity contribution is 5.43. The molecule has 0 bridgehead atoms. The minimum absolute atomic E-state index is 0.213. The smallest absolute Gasteiger partial charge is 0.244 e. The van der Waals surface area contributed by atoms with Crippen molar-refractivity contribution in [3.8, 4) is 17.2 Å². The maximum absolute atomic E-state index is 5.73. The Morgan fingerprint density at radius 1 is 0.529 bits per heavy atom. The molecule has 0 aliphatic rings. The van der Waals surface area contributed by atoms with Gasteiger partial charge < -0.3 is 33.2 Å². The molecule has 0 radical (unpaired) electrons. The van der Waals surface area contributed by atoms with Gasteiger partial charge in [0.25, 0.3) is 0 Å². The van der Waals surface area contributed by atoms with E-state index in [1.807, 2.05) is 86.6 Å². The highest BCUT2D eigenvalue weighted by atomic mass is 15.4. The summed E-state index contributed by atoms with van der Waals surface area (Å²) in [6.07, 6.45) is 9.84. The van der Waals surface area contributed by atoms with E-state index in [0.717, 1.165) is 31.0 Å². The Morgan fingerprint density at radius 2 is 0.980 bits per heavy atom. The lowest BCUT2D eigenvalue weighted by Gasteiger charge is -2.04. The average molecular weight is 704 g/mol. The Kier molecular flexibility index (Phi) is 20.6. The molecular formula is C32H53N19. The zero-order valence-corrected chi connectivity index (χ0v) is 31.0. The van der Waals surface area contributed by atoms with Crippen molar-refractivity contribution >= 4 is 35.7 Å². The number of hydrogen-bond acceptors (Lipinski definition) is 16. The average Bonchev–Trinajstić information content (AvgIpc) is 3.87. The van der Waals surface area contributed by atoms with E-state index in [9.17, 15) is 0 Å². The first-order valence-electron chi connectivity index (χ1n) is 16.9. The molecule has 6 aromatic heterocycles. The largest absolute Gasteiger partial charge is 0.368 e. The van der Waals surface area contributed by atoms with Crippen molar-refractivity contribution in [3.63, 3.8) is 0 Å². The Bertz CT molecular complexity index is 1630. The van der Waals surface area contributed by atoms with Crippen LogP contribution in [0.4, 0.5) is 35.7 Å². The van der Waals surface area contributed by atoms with E-state index in [0.29, 0.717) is 29.6 Å². The van der Waals surface area contributed by atoms with E-state index < -0.39 is 0 Å². The third-order valence-electron chi connectivity index (χ3n) is 5.48. The summed E-state index contributed by atoms with van der Waals surface area (Å²) < 4.78 is 4.76. The van der Waals surface area contributed by atoms with Gasteiger partial charge in [-0.3, -0.25) is 9.97 Å². The molecule has 0 atom stereocenters. The van der Waals surface area contributed by atoms with Gasteiger partial charge in [0, 0.05) is 56.7 Å². The molecule has 6 heterocycles. The quantitative estimate of drug-likeness (QED) is 0.121. The van der Waals surface area contributed by atoms with Gasteiger partial charge in [-0.25, -0.2) is 9.97 Å². The molecule has 6 rings (SSSR count). The summed E-state index contributed by atoms with van der Waals surface area (Å²) in [5, 5.41) is 21.5. The van der Waals surface area contributed by atoms with Gasteiger partial charge >= 0.3 is 0 Å².